The van der Waals surface area contributed by atoms with Gasteiger partial charge in [-0.25, -0.2) is 0 Å². The molecule has 112 valence electrons. The molecule has 0 atom stereocenters. The number of nitrogens with zero attached hydrogens (tertiary/aromatic N) is 5. The lowest BCUT2D eigenvalue weighted by Gasteiger charge is -2.27. The zero-order chi connectivity index (χ0) is 14.9. The molecule has 4 rings (SSSR count). The quantitative estimate of drug-likeness (QED) is 0.735. The smallest absolute Gasteiger partial charge is 0.185 e. The van der Waals surface area contributed by atoms with Crippen molar-refractivity contribution in [1.29, 1.82) is 0 Å². The highest BCUT2D eigenvalue weighted by Crippen LogP contribution is 2.22. The summed E-state index contributed by atoms with van der Waals surface area (Å²) in [5, 5.41) is 13.2. The molecular formula is C16H18N6. The SMILES string of the molecule is Nc1cccc(-c2nnc3ccc(N4CCCCC4)nn23)c1. The highest BCUT2D eigenvalue weighted by atomic mass is 15.4. The standard InChI is InChI=1S/C16H18N6/c17-13-6-4-5-12(11-13)16-19-18-14-7-8-15(20-22(14)16)21-9-2-1-3-10-21/h4-8,11H,1-3,9-10,17H2. The number of nitrogen functional groups attached to an aromatic ring is 1. The zero-order valence-electron chi connectivity index (χ0n) is 12.3. The third-order valence-corrected chi connectivity index (χ3v) is 4.07. The molecule has 2 aromatic heterocycles. The predicted molar refractivity (Wildman–Crippen MR) is 86.7 cm³/mol. The first kappa shape index (κ1) is 13.1. The zero-order valence-corrected chi connectivity index (χ0v) is 12.3. The van der Waals surface area contributed by atoms with E-state index in [1.165, 1.54) is 19.3 Å². The number of aromatic nitrogens is 4. The van der Waals surface area contributed by atoms with Crippen molar-refractivity contribution in [1.82, 2.24) is 19.8 Å². The minimum atomic E-state index is 0.710. The summed E-state index contributed by atoms with van der Waals surface area (Å²) in [6.45, 7) is 2.13. The van der Waals surface area contributed by atoms with Gasteiger partial charge < -0.3 is 10.6 Å². The van der Waals surface area contributed by atoms with Crippen molar-refractivity contribution in [2.75, 3.05) is 23.7 Å². The molecule has 1 aliphatic heterocycles. The van der Waals surface area contributed by atoms with Crippen molar-refractivity contribution in [2.45, 2.75) is 19.3 Å². The summed E-state index contributed by atoms with van der Waals surface area (Å²) in [5.74, 6) is 1.71. The lowest BCUT2D eigenvalue weighted by atomic mass is 10.1. The Balaban J connectivity index is 1.79. The molecule has 1 aromatic carbocycles. The fourth-order valence-corrected chi connectivity index (χ4v) is 2.93. The van der Waals surface area contributed by atoms with Crippen LogP contribution in [-0.4, -0.2) is 32.9 Å². The van der Waals surface area contributed by atoms with E-state index in [1.54, 1.807) is 4.52 Å². The number of fused-ring (bicyclic) bond motifs is 1. The number of benzene rings is 1. The van der Waals surface area contributed by atoms with Crippen molar-refractivity contribution in [2.24, 2.45) is 0 Å². The van der Waals surface area contributed by atoms with E-state index in [9.17, 15) is 0 Å². The van der Waals surface area contributed by atoms with Crippen LogP contribution in [-0.2, 0) is 0 Å². The van der Waals surface area contributed by atoms with Gasteiger partial charge in [0.2, 0.25) is 0 Å². The van der Waals surface area contributed by atoms with Crippen LogP contribution in [0.2, 0.25) is 0 Å². The van der Waals surface area contributed by atoms with Gasteiger partial charge >= 0.3 is 0 Å². The summed E-state index contributed by atoms with van der Waals surface area (Å²) in [4.78, 5) is 2.33. The van der Waals surface area contributed by atoms with Crippen LogP contribution in [0.3, 0.4) is 0 Å². The third-order valence-electron chi connectivity index (χ3n) is 4.07. The van der Waals surface area contributed by atoms with E-state index in [1.807, 2.05) is 36.4 Å². The van der Waals surface area contributed by atoms with Crippen molar-refractivity contribution >= 4 is 17.2 Å². The van der Waals surface area contributed by atoms with Crippen LogP contribution in [0.5, 0.6) is 0 Å². The fourth-order valence-electron chi connectivity index (χ4n) is 2.93. The monoisotopic (exact) mass is 294 g/mol. The first-order valence-electron chi connectivity index (χ1n) is 7.64. The van der Waals surface area contributed by atoms with Crippen LogP contribution in [0, 0.1) is 0 Å². The maximum Gasteiger partial charge on any atom is 0.185 e. The number of anilines is 2. The molecule has 1 saturated heterocycles. The van der Waals surface area contributed by atoms with E-state index in [0.717, 1.165) is 35.9 Å². The van der Waals surface area contributed by atoms with Crippen LogP contribution in [0.25, 0.3) is 17.0 Å². The average molecular weight is 294 g/mol. The van der Waals surface area contributed by atoms with E-state index in [2.05, 4.69) is 15.1 Å². The molecule has 1 fully saturated rings. The Kier molecular flexibility index (Phi) is 3.14. The lowest BCUT2D eigenvalue weighted by Crippen LogP contribution is -2.30. The maximum atomic E-state index is 5.87. The summed E-state index contributed by atoms with van der Waals surface area (Å²) < 4.78 is 1.80. The van der Waals surface area contributed by atoms with E-state index < -0.39 is 0 Å². The number of hydrogen-bond donors (Lipinski definition) is 1. The van der Waals surface area contributed by atoms with Gasteiger partial charge in [0.1, 0.15) is 5.82 Å². The Morgan fingerprint density at radius 2 is 1.82 bits per heavy atom. The normalized spacial score (nSPS) is 15.4. The van der Waals surface area contributed by atoms with E-state index >= 15 is 0 Å². The van der Waals surface area contributed by atoms with Crippen LogP contribution < -0.4 is 10.6 Å². The summed E-state index contributed by atoms with van der Waals surface area (Å²) >= 11 is 0. The van der Waals surface area contributed by atoms with E-state index in [4.69, 9.17) is 10.8 Å². The Hall–Kier alpha value is -2.63. The molecule has 3 heterocycles. The summed E-state index contributed by atoms with van der Waals surface area (Å²) in [6.07, 6.45) is 3.76. The molecule has 0 spiro atoms. The first-order valence-corrected chi connectivity index (χ1v) is 7.64. The largest absolute Gasteiger partial charge is 0.399 e. The van der Waals surface area contributed by atoms with Gasteiger partial charge in [0.15, 0.2) is 11.5 Å². The maximum absolute atomic E-state index is 5.87. The van der Waals surface area contributed by atoms with Crippen LogP contribution in [0.1, 0.15) is 19.3 Å². The third kappa shape index (κ3) is 2.26. The van der Waals surface area contributed by atoms with Gasteiger partial charge in [-0.2, -0.15) is 4.52 Å². The van der Waals surface area contributed by atoms with Crippen LogP contribution in [0.4, 0.5) is 11.5 Å². The number of rotatable bonds is 2. The van der Waals surface area contributed by atoms with Crippen molar-refractivity contribution in [3.63, 3.8) is 0 Å². The van der Waals surface area contributed by atoms with E-state index in [-0.39, 0.29) is 0 Å². The van der Waals surface area contributed by atoms with Gasteiger partial charge in [-0.15, -0.1) is 15.3 Å². The summed E-state index contributed by atoms with van der Waals surface area (Å²) in [6, 6.07) is 11.6. The Labute approximate surface area is 128 Å². The number of hydrogen-bond acceptors (Lipinski definition) is 5. The van der Waals surface area contributed by atoms with Gasteiger partial charge in [-0.1, -0.05) is 12.1 Å². The molecule has 22 heavy (non-hydrogen) atoms. The molecule has 0 unspecified atom stereocenters. The molecular weight excluding hydrogens is 276 g/mol. The van der Waals surface area contributed by atoms with Gasteiger partial charge in [0.05, 0.1) is 0 Å². The minimum Gasteiger partial charge on any atom is -0.399 e. The molecule has 3 aromatic rings. The van der Waals surface area contributed by atoms with Crippen molar-refractivity contribution in [3.8, 4) is 11.4 Å². The Morgan fingerprint density at radius 1 is 0.955 bits per heavy atom. The second-order valence-electron chi connectivity index (χ2n) is 5.66. The van der Waals surface area contributed by atoms with Gasteiger partial charge in [0, 0.05) is 24.3 Å². The molecule has 0 saturated carbocycles. The second-order valence-corrected chi connectivity index (χ2v) is 5.66. The topological polar surface area (TPSA) is 72.3 Å². The van der Waals surface area contributed by atoms with Gasteiger partial charge in [-0.05, 0) is 43.5 Å². The molecule has 0 radical (unpaired) electrons. The minimum absolute atomic E-state index is 0.710. The Morgan fingerprint density at radius 3 is 2.64 bits per heavy atom. The number of piperidine rings is 1. The van der Waals surface area contributed by atoms with Crippen molar-refractivity contribution in [3.05, 3.63) is 36.4 Å². The molecule has 2 N–H and O–H groups in total. The summed E-state index contributed by atoms with van der Waals surface area (Å²) in [5.41, 5.74) is 8.25. The van der Waals surface area contributed by atoms with Gasteiger partial charge in [-0.3, -0.25) is 0 Å². The van der Waals surface area contributed by atoms with Gasteiger partial charge in [0.25, 0.3) is 0 Å². The Bertz CT molecular complexity index is 803. The lowest BCUT2D eigenvalue weighted by molar-refractivity contribution is 0.570. The van der Waals surface area contributed by atoms with Crippen molar-refractivity contribution < 1.29 is 0 Å². The van der Waals surface area contributed by atoms with E-state index in [0.29, 0.717) is 5.69 Å². The molecule has 1 aliphatic rings. The average Bonchev–Trinajstić information content (AvgIpc) is 2.99. The molecule has 6 nitrogen and oxygen atoms in total. The molecule has 0 amide bonds. The molecule has 0 bridgehead atoms. The number of nitrogens with two attached hydrogens (primary N) is 1. The first-order chi connectivity index (χ1) is 10.8. The fraction of sp³-hybridized carbons (Fsp3) is 0.312. The molecule has 0 aliphatic carbocycles. The van der Waals surface area contributed by atoms with Crippen LogP contribution in [0.15, 0.2) is 36.4 Å². The second kappa shape index (κ2) is 5.29. The predicted octanol–water partition coefficient (Wildman–Crippen LogP) is 2.36. The van der Waals surface area contributed by atoms with Crippen LogP contribution >= 0.6 is 0 Å². The molecule has 6 heteroatoms. The highest BCUT2D eigenvalue weighted by molar-refractivity contribution is 5.63. The summed E-state index contributed by atoms with van der Waals surface area (Å²) in [7, 11) is 0. The highest BCUT2D eigenvalue weighted by Gasteiger charge is 2.15.